The lowest BCUT2D eigenvalue weighted by atomic mass is 9.89. The number of nitrogens with one attached hydrogen (secondary N) is 2. The molecule has 3 rings (SSSR count). The number of halogens is 2. The molecule has 1 aliphatic heterocycles. The lowest BCUT2D eigenvalue weighted by molar-refractivity contribution is -0.134. The number of anilines is 1. The lowest BCUT2D eigenvalue weighted by Crippen LogP contribution is -2.44. The van der Waals surface area contributed by atoms with Gasteiger partial charge in [-0.25, -0.2) is 4.79 Å². The number of carbonyl (C=O) groups is 3. The van der Waals surface area contributed by atoms with Crippen LogP contribution in [0.2, 0.25) is 10.0 Å². The molecule has 2 aromatic rings. The van der Waals surface area contributed by atoms with Gasteiger partial charge in [0.2, 0.25) is 5.91 Å². The summed E-state index contributed by atoms with van der Waals surface area (Å²) < 4.78 is 1.55. The standard InChI is InChI=1S/C17H17Cl2N5O3/c1-3-17(10-7-20-23(2)8-10)15(26)24(16(27)22-17)9-14(25)21-13-5-4-11(18)6-12(13)19/h4-8H,3,9H2,1-2H3,(H,21,25)(H,22,27). The zero-order valence-corrected chi connectivity index (χ0v) is 16.1. The van der Waals surface area contributed by atoms with E-state index >= 15 is 0 Å². The van der Waals surface area contributed by atoms with Crippen molar-refractivity contribution < 1.29 is 14.4 Å². The van der Waals surface area contributed by atoms with Gasteiger partial charge in [-0.05, 0) is 24.6 Å². The Labute approximate surface area is 165 Å². The summed E-state index contributed by atoms with van der Waals surface area (Å²) >= 11 is 11.9. The van der Waals surface area contributed by atoms with Crippen LogP contribution in [0.3, 0.4) is 0 Å². The lowest BCUT2D eigenvalue weighted by Gasteiger charge is -2.23. The molecule has 1 atom stereocenters. The Morgan fingerprint density at radius 1 is 1.33 bits per heavy atom. The van der Waals surface area contributed by atoms with Gasteiger partial charge in [0.15, 0.2) is 0 Å². The fourth-order valence-electron chi connectivity index (χ4n) is 2.97. The van der Waals surface area contributed by atoms with Crippen molar-refractivity contribution in [3.05, 3.63) is 46.2 Å². The van der Waals surface area contributed by atoms with Gasteiger partial charge in [0.25, 0.3) is 5.91 Å². The number of hydrogen-bond donors (Lipinski definition) is 2. The first-order valence-corrected chi connectivity index (χ1v) is 8.90. The predicted molar refractivity (Wildman–Crippen MR) is 101 cm³/mol. The molecule has 0 saturated carbocycles. The van der Waals surface area contributed by atoms with E-state index in [4.69, 9.17) is 23.2 Å². The summed E-state index contributed by atoms with van der Waals surface area (Å²) in [7, 11) is 1.72. The minimum atomic E-state index is -1.23. The first-order valence-electron chi connectivity index (χ1n) is 8.15. The van der Waals surface area contributed by atoms with E-state index in [-0.39, 0.29) is 5.02 Å². The third-order valence-electron chi connectivity index (χ3n) is 4.41. The molecule has 8 nitrogen and oxygen atoms in total. The quantitative estimate of drug-likeness (QED) is 0.741. The fraction of sp³-hybridized carbons (Fsp3) is 0.294. The highest BCUT2D eigenvalue weighted by molar-refractivity contribution is 6.36. The summed E-state index contributed by atoms with van der Waals surface area (Å²) in [4.78, 5) is 38.6. The van der Waals surface area contributed by atoms with Gasteiger partial charge in [0.1, 0.15) is 12.1 Å². The average Bonchev–Trinajstić information content (AvgIpc) is 3.15. The van der Waals surface area contributed by atoms with Crippen molar-refractivity contribution in [1.29, 1.82) is 0 Å². The Morgan fingerprint density at radius 3 is 2.67 bits per heavy atom. The van der Waals surface area contributed by atoms with Crippen molar-refractivity contribution in [3.63, 3.8) is 0 Å². The summed E-state index contributed by atoms with van der Waals surface area (Å²) in [5.74, 6) is -1.05. The van der Waals surface area contributed by atoms with Crippen molar-refractivity contribution in [2.75, 3.05) is 11.9 Å². The summed E-state index contributed by atoms with van der Waals surface area (Å²) in [6.07, 6.45) is 3.52. The summed E-state index contributed by atoms with van der Waals surface area (Å²) in [5, 5.41) is 10.0. The zero-order chi connectivity index (χ0) is 19.8. The van der Waals surface area contributed by atoms with Crippen molar-refractivity contribution in [1.82, 2.24) is 20.0 Å². The van der Waals surface area contributed by atoms with E-state index in [2.05, 4.69) is 15.7 Å². The molecule has 0 radical (unpaired) electrons. The second kappa shape index (κ2) is 7.21. The average molecular weight is 410 g/mol. The molecular formula is C17H17Cl2N5O3. The van der Waals surface area contributed by atoms with Crippen LogP contribution in [0, 0.1) is 0 Å². The van der Waals surface area contributed by atoms with Crippen LogP contribution in [0.4, 0.5) is 10.5 Å². The molecule has 142 valence electrons. The number of aromatic nitrogens is 2. The van der Waals surface area contributed by atoms with Gasteiger partial charge in [-0.2, -0.15) is 5.10 Å². The summed E-state index contributed by atoms with van der Waals surface area (Å²) in [5.41, 5.74) is -0.328. The maximum Gasteiger partial charge on any atom is 0.325 e. The molecule has 0 spiro atoms. The highest BCUT2D eigenvalue weighted by atomic mass is 35.5. The van der Waals surface area contributed by atoms with Crippen molar-refractivity contribution in [3.8, 4) is 0 Å². The highest BCUT2D eigenvalue weighted by Crippen LogP contribution is 2.32. The van der Waals surface area contributed by atoms with E-state index in [1.54, 1.807) is 37.0 Å². The molecule has 1 aliphatic rings. The number of urea groups is 1. The van der Waals surface area contributed by atoms with E-state index < -0.39 is 29.9 Å². The Kier molecular flexibility index (Phi) is 5.12. The summed E-state index contributed by atoms with van der Waals surface area (Å²) in [6.45, 7) is 1.34. The van der Waals surface area contributed by atoms with Gasteiger partial charge in [0, 0.05) is 23.8 Å². The Balaban J connectivity index is 1.78. The van der Waals surface area contributed by atoms with E-state index in [0.717, 1.165) is 4.90 Å². The van der Waals surface area contributed by atoms with Gasteiger partial charge in [0.05, 0.1) is 16.9 Å². The van der Waals surface area contributed by atoms with Gasteiger partial charge < -0.3 is 10.6 Å². The normalized spacial score (nSPS) is 19.3. The minimum Gasteiger partial charge on any atom is -0.323 e. The van der Waals surface area contributed by atoms with Crippen LogP contribution in [0.15, 0.2) is 30.6 Å². The molecule has 0 bridgehead atoms. The number of benzene rings is 1. The van der Waals surface area contributed by atoms with Gasteiger partial charge >= 0.3 is 6.03 Å². The first kappa shape index (κ1) is 19.2. The number of carbonyl (C=O) groups excluding carboxylic acids is 3. The molecule has 27 heavy (non-hydrogen) atoms. The number of nitrogens with zero attached hydrogens (tertiary/aromatic N) is 3. The molecule has 2 heterocycles. The molecule has 1 aromatic heterocycles. The van der Waals surface area contributed by atoms with Crippen LogP contribution >= 0.6 is 23.2 Å². The van der Waals surface area contributed by atoms with Crippen LogP contribution in [0.1, 0.15) is 18.9 Å². The summed E-state index contributed by atoms with van der Waals surface area (Å²) in [6, 6.07) is 3.96. The van der Waals surface area contributed by atoms with Crippen LogP contribution in [0.5, 0.6) is 0 Å². The molecule has 4 amide bonds. The first-order chi connectivity index (χ1) is 12.8. The van der Waals surface area contributed by atoms with Gasteiger partial charge in [-0.1, -0.05) is 30.1 Å². The SMILES string of the molecule is CCC1(c2cnn(C)c2)NC(=O)N(CC(=O)Nc2ccc(Cl)cc2Cl)C1=O. The molecule has 1 aromatic carbocycles. The van der Waals surface area contributed by atoms with Crippen LogP contribution in [-0.4, -0.2) is 39.1 Å². The molecule has 1 saturated heterocycles. The second-order valence-electron chi connectivity index (χ2n) is 6.16. The maximum atomic E-state index is 13.0. The molecule has 0 aliphatic carbocycles. The van der Waals surface area contributed by atoms with Crippen LogP contribution < -0.4 is 10.6 Å². The smallest absolute Gasteiger partial charge is 0.323 e. The fourth-order valence-corrected chi connectivity index (χ4v) is 3.43. The number of amides is 4. The second-order valence-corrected chi connectivity index (χ2v) is 7.00. The van der Waals surface area contributed by atoms with Crippen molar-refractivity contribution in [2.45, 2.75) is 18.9 Å². The molecular weight excluding hydrogens is 393 g/mol. The Bertz CT molecular complexity index is 929. The van der Waals surface area contributed by atoms with E-state index in [1.165, 1.54) is 12.3 Å². The monoisotopic (exact) mass is 409 g/mol. The van der Waals surface area contributed by atoms with Gasteiger partial charge in [-0.3, -0.25) is 19.2 Å². The highest BCUT2D eigenvalue weighted by Gasteiger charge is 2.52. The Morgan fingerprint density at radius 2 is 2.07 bits per heavy atom. The maximum absolute atomic E-state index is 13.0. The Hall–Kier alpha value is -2.58. The third kappa shape index (κ3) is 3.50. The van der Waals surface area contributed by atoms with E-state index in [1.807, 2.05) is 0 Å². The molecule has 1 fully saturated rings. The number of hydrogen-bond acceptors (Lipinski definition) is 4. The van der Waals surface area contributed by atoms with Gasteiger partial charge in [-0.15, -0.1) is 0 Å². The topological polar surface area (TPSA) is 96.3 Å². The number of imide groups is 1. The predicted octanol–water partition coefficient (Wildman–Crippen LogP) is 2.52. The van der Waals surface area contributed by atoms with Crippen molar-refractivity contribution in [2.24, 2.45) is 7.05 Å². The third-order valence-corrected chi connectivity index (χ3v) is 4.96. The zero-order valence-electron chi connectivity index (χ0n) is 14.6. The van der Waals surface area contributed by atoms with Crippen LogP contribution in [0.25, 0.3) is 0 Å². The van der Waals surface area contributed by atoms with Crippen molar-refractivity contribution >= 4 is 46.7 Å². The number of aryl methyl sites for hydroxylation is 1. The molecule has 10 heteroatoms. The minimum absolute atomic E-state index is 0.256. The van der Waals surface area contributed by atoms with Crippen LogP contribution in [-0.2, 0) is 22.2 Å². The number of rotatable bonds is 5. The van der Waals surface area contributed by atoms with E-state index in [9.17, 15) is 14.4 Å². The molecule has 1 unspecified atom stereocenters. The largest absolute Gasteiger partial charge is 0.325 e. The molecule has 2 N–H and O–H groups in total. The van der Waals surface area contributed by atoms with E-state index in [0.29, 0.717) is 22.7 Å².